The molecule has 3 aromatic rings. The predicted octanol–water partition coefficient (Wildman–Crippen LogP) is 3.28. The molecule has 1 atom stereocenters. The number of carbonyl (C=O) groups excluding carboxylic acids is 1. The summed E-state index contributed by atoms with van der Waals surface area (Å²) in [7, 11) is 0. The van der Waals surface area contributed by atoms with Crippen LogP contribution >= 0.6 is 12.2 Å². The van der Waals surface area contributed by atoms with Crippen LogP contribution in [0.3, 0.4) is 0 Å². The van der Waals surface area contributed by atoms with E-state index in [9.17, 15) is 18.7 Å². The summed E-state index contributed by atoms with van der Waals surface area (Å²) in [6, 6.07) is 12.2. The highest BCUT2D eigenvalue weighted by Gasteiger charge is 2.17. The fourth-order valence-corrected chi connectivity index (χ4v) is 2.75. The van der Waals surface area contributed by atoms with Gasteiger partial charge in [0.1, 0.15) is 5.69 Å². The molecule has 26 heavy (non-hydrogen) atoms. The van der Waals surface area contributed by atoms with Crippen molar-refractivity contribution in [3.05, 3.63) is 82.4 Å². The summed E-state index contributed by atoms with van der Waals surface area (Å²) in [5.41, 5.74) is 1.14. The smallest absolute Gasteiger partial charge is 0.269 e. The summed E-state index contributed by atoms with van der Waals surface area (Å²) < 4.78 is 28.1. The first-order chi connectivity index (χ1) is 12.5. The van der Waals surface area contributed by atoms with Gasteiger partial charge in [0.25, 0.3) is 5.91 Å². The zero-order chi connectivity index (χ0) is 18.7. The number of amides is 1. The van der Waals surface area contributed by atoms with Gasteiger partial charge in [-0.1, -0.05) is 24.3 Å². The number of halogens is 2. The van der Waals surface area contributed by atoms with E-state index in [-0.39, 0.29) is 17.8 Å². The number of aromatic amines is 1. The fourth-order valence-electron chi connectivity index (χ4n) is 2.49. The Balaban J connectivity index is 1.75. The van der Waals surface area contributed by atoms with Crippen LogP contribution in [-0.2, 0) is 0 Å². The van der Waals surface area contributed by atoms with E-state index in [2.05, 4.69) is 10.3 Å². The third-order valence-corrected chi connectivity index (χ3v) is 4.11. The predicted molar refractivity (Wildman–Crippen MR) is 94.6 cm³/mol. The van der Waals surface area contributed by atoms with Crippen molar-refractivity contribution in [1.29, 1.82) is 0 Å². The number of rotatable bonds is 5. The van der Waals surface area contributed by atoms with E-state index in [1.54, 1.807) is 16.7 Å². The van der Waals surface area contributed by atoms with Crippen LogP contribution in [0.4, 0.5) is 8.78 Å². The molecule has 2 aromatic carbocycles. The van der Waals surface area contributed by atoms with Gasteiger partial charge in [0.2, 0.25) is 0 Å². The maximum atomic E-state index is 13.3. The summed E-state index contributed by atoms with van der Waals surface area (Å²) in [6.45, 7) is -0.170. The Morgan fingerprint density at radius 3 is 2.62 bits per heavy atom. The highest BCUT2D eigenvalue weighted by atomic mass is 32.1. The van der Waals surface area contributed by atoms with Crippen molar-refractivity contribution in [2.75, 3.05) is 6.54 Å². The number of imidazole rings is 1. The van der Waals surface area contributed by atoms with Gasteiger partial charge in [-0.05, 0) is 42.0 Å². The normalized spacial score (nSPS) is 12.0. The number of nitrogens with one attached hydrogen (secondary N) is 2. The largest absolute Gasteiger partial charge is 0.387 e. The molecule has 134 valence electrons. The lowest BCUT2D eigenvalue weighted by Gasteiger charge is -2.13. The van der Waals surface area contributed by atoms with Crippen LogP contribution in [0.5, 0.6) is 0 Å². The van der Waals surface area contributed by atoms with Crippen molar-refractivity contribution in [2.24, 2.45) is 0 Å². The molecule has 1 heterocycles. The molecule has 0 aliphatic heterocycles. The standard InChI is InChI=1S/C18H15F2N3O2S/c19-13-7-6-11(8-14(13)20)16(24)10-21-17(25)15-9-22-18(26)23(15)12-4-2-1-3-5-12/h1-9,16,24H,10H2,(H,21,25)(H,22,26)/t16-/m1/s1. The van der Waals surface area contributed by atoms with E-state index < -0.39 is 23.6 Å². The topological polar surface area (TPSA) is 70.1 Å². The molecule has 0 unspecified atom stereocenters. The lowest BCUT2D eigenvalue weighted by atomic mass is 10.1. The number of aliphatic hydroxyl groups is 1. The molecule has 0 radical (unpaired) electrons. The molecular formula is C18H15F2N3O2S. The molecule has 3 N–H and O–H groups in total. The minimum atomic E-state index is -1.18. The second-order valence-electron chi connectivity index (χ2n) is 5.55. The maximum absolute atomic E-state index is 13.3. The van der Waals surface area contributed by atoms with E-state index in [4.69, 9.17) is 12.2 Å². The van der Waals surface area contributed by atoms with Gasteiger partial charge in [-0.15, -0.1) is 0 Å². The Hall–Kier alpha value is -2.84. The molecule has 0 aliphatic carbocycles. The van der Waals surface area contributed by atoms with Crippen molar-refractivity contribution in [1.82, 2.24) is 14.9 Å². The number of hydrogen-bond donors (Lipinski definition) is 3. The van der Waals surface area contributed by atoms with Crippen molar-refractivity contribution in [3.63, 3.8) is 0 Å². The summed E-state index contributed by atoms with van der Waals surface area (Å²) in [5.74, 6) is -2.53. The van der Waals surface area contributed by atoms with Gasteiger partial charge in [0.05, 0.1) is 6.10 Å². The Morgan fingerprint density at radius 1 is 1.19 bits per heavy atom. The highest BCUT2D eigenvalue weighted by Crippen LogP contribution is 2.16. The minimum Gasteiger partial charge on any atom is -0.387 e. The minimum absolute atomic E-state index is 0.165. The van der Waals surface area contributed by atoms with Gasteiger partial charge in [-0.2, -0.15) is 0 Å². The first kappa shape index (κ1) is 18.0. The average Bonchev–Trinajstić information content (AvgIpc) is 3.04. The molecule has 0 spiro atoms. The lowest BCUT2D eigenvalue weighted by Crippen LogP contribution is -2.30. The Bertz CT molecular complexity index is 986. The molecule has 5 nitrogen and oxygen atoms in total. The van der Waals surface area contributed by atoms with E-state index in [1.807, 2.05) is 18.2 Å². The van der Waals surface area contributed by atoms with Crippen LogP contribution in [0.15, 0.2) is 54.7 Å². The molecule has 0 saturated heterocycles. The molecule has 0 saturated carbocycles. The molecule has 1 amide bonds. The van der Waals surface area contributed by atoms with Crippen molar-refractivity contribution in [2.45, 2.75) is 6.10 Å². The van der Waals surface area contributed by atoms with Gasteiger partial charge in [-0.25, -0.2) is 8.78 Å². The second kappa shape index (κ2) is 7.59. The SMILES string of the molecule is O=C(NC[C@@H](O)c1ccc(F)c(F)c1)c1c[nH]c(=S)n1-c1ccccc1. The number of para-hydroxylation sites is 1. The lowest BCUT2D eigenvalue weighted by molar-refractivity contribution is 0.0909. The molecule has 1 aromatic heterocycles. The summed E-state index contributed by atoms with van der Waals surface area (Å²) in [4.78, 5) is 15.3. The maximum Gasteiger partial charge on any atom is 0.269 e. The Kier molecular flexibility index (Phi) is 5.24. The third-order valence-electron chi connectivity index (χ3n) is 3.81. The molecule has 0 fully saturated rings. The number of aliphatic hydroxyl groups excluding tert-OH is 1. The van der Waals surface area contributed by atoms with Crippen LogP contribution < -0.4 is 5.32 Å². The molecule has 8 heteroatoms. The van der Waals surface area contributed by atoms with Gasteiger partial charge in [0, 0.05) is 18.4 Å². The number of aromatic nitrogens is 2. The number of benzene rings is 2. The molecule has 0 bridgehead atoms. The van der Waals surface area contributed by atoms with Crippen molar-refractivity contribution >= 4 is 18.1 Å². The quantitative estimate of drug-likeness (QED) is 0.600. The second-order valence-corrected chi connectivity index (χ2v) is 5.94. The van der Waals surface area contributed by atoms with Crippen LogP contribution in [0, 0.1) is 16.4 Å². The first-order valence-electron chi connectivity index (χ1n) is 7.74. The summed E-state index contributed by atoms with van der Waals surface area (Å²) in [6.07, 6.45) is 0.287. The van der Waals surface area contributed by atoms with Gasteiger partial charge in [-0.3, -0.25) is 9.36 Å². The van der Waals surface area contributed by atoms with Gasteiger partial charge < -0.3 is 15.4 Å². The number of nitrogens with zero attached hydrogens (tertiary/aromatic N) is 1. The summed E-state index contributed by atoms with van der Waals surface area (Å²) in [5, 5.41) is 12.6. The average molecular weight is 375 g/mol. The van der Waals surface area contributed by atoms with E-state index in [1.165, 1.54) is 12.3 Å². The first-order valence-corrected chi connectivity index (χ1v) is 8.15. The van der Waals surface area contributed by atoms with Crippen molar-refractivity contribution < 1.29 is 18.7 Å². The highest BCUT2D eigenvalue weighted by molar-refractivity contribution is 7.71. The molecule has 0 aliphatic rings. The van der Waals surface area contributed by atoms with Gasteiger partial charge >= 0.3 is 0 Å². The molecule has 3 rings (SSSR count). The van der Waals surface area contributed by atoms with E-state index in [0.717, 1.165) is 12.1 Å². The van der Waals surface area contributed by atoms with Crippen LogP contribution in [-0.4, -0.2) is 27.1 Å². The summed E-state index contributed by atoms with van der Waals surface area (Å²) >= 11 is 5.21. The van der Waals surface area contributed by atoms with Crippen LogP contribution in [0.1, 0.15) is 22.2 Å². The van der Waals surface area contributed by atoms with Crippen molar-refractivity contribution in [3.8, 4) is 5.69 Å². The van der Waals surface area contributed by atoms with Crippen LogP contribution in [0.25, 0.3) is 5.69 Å². The third kappa shape index (κ3) is 3.71. The van der Waals surface area contributed by atoms with Crippen LogP contribution in [0.2, 0.25) is 0 Å². The Morgan fingerprint density at radius 2 is 1.92 bits per heavy atom. The zero-order valence-electron chi connectivity index (χ0n) is 13.4. The zero-order valence-corrected chi connectivity index (χ0v) is 14.3. The fraction of sp³-hybridized carbons (Fsp3) is 0.111. The molecular weight excluding hydrogens is 360 g/mol. The number of hydrogen-bond acceptors (Lipinski definition) is 3. The van der Waals surface area contributed by atoms with E-state index >= 15 is 0 Å². The number of carbonyl (C=O) groups is 1. The number of H-pyrrole nitrogens is 1. The van der Waals surface area contributed by atoms with Gasteiger partial charge in [0.15, 0.2) is 16.4 Å². The Labute approximate surface area is 152 Å². The monoisotopic (exact) mass is 375 g/mol. The van der Waals surface area contributed by atoms with E-state index in [0.29, 0.717) is 10.5 Å².